The Morgan fingerprint density at radius 1 is 0.469 bits per heavy atom. The largest absolute Gasteiger partial charge is 0.244 e. The molecule has 10 rings (SSSR count). The molecule has 1 aliphatic rings. The van der Waals surface area contributed by atoms with E-state index < -0.39 is 0 Å². The summed E-state index contributed by atoms with van der Waals surface area (Å²) in [5.41, 5.74) is 13.8. The van der Waals surface area contributed by atoms with Gasteiger partial charge in [0, 0.05) is 10.8 Å². The fourth-order valence-electron chi connectivity index (χ4n) is 8.35. The summed E-state index contributed by atoms with van der Waals surface area (Å²) in [5, 5.41) is 16.8. The van der Waals surface area contributed by atoms with Crippen molar-refractivity contribution in [3.63, 3.8) is 0 Å². The summed E-state index contributed by atoms with van der Waals surface area (Å²) in [4.78, 5) is 10.2. The summed E-state index contributed by atoms with van der Waals surface area (Å²) >= 11 is 0. The average molecular weight is 624 g/mol. The summed E-state index contributed by atoms with van der Waals surface area (Å²) in [5.74, 6) is 0. The fraction of sp³-hybridized carbons (Fsp3) is 0.0652. The van der Waals surface area contributed by atoms with Crippen LogP contribution in [0.3, 0.4) is 0 Å². The van der Waals surface area contributed by atoms with E-state index in [1.54, 1.807) is 0 Å². The highest BCUT2D eigenvalue weighted by Gasteiger charge is 2.36. The van der Waals surface area contributed by atoms with Gasteiger partial charge in [-0.05, 0) is 108 Å². The molecule has 228 valence electrons. The minimum absolute atomic E-state index is 0.228. The van der Waals surface area contributed by atoms with Crippen molar-refractivity contribution in [2.75, 3.05) is 0 Å². The molecule has 0 amide bonds. The van der Waals surface area contributed by atoms with Gasteiger partial charge in [0.05, 0.1) is 33.7 Å². The molecule has 0 unspecified atom stereocenters. The van der Waals surface area contributed by atoms with Crippen molar-refractivity contribution in [2.45, 2.75) is 19.3 Å². The molecule has 0 bridgehead atoms. The van der Waals surface area contributed by atoms with Crippen LogP contribution in [0, 0.1) is 11.3 Å². The first-order valence-electron chi connectivity index (χ1n) is 16.7. The molecular formula is C46H29N3. The van der Waals surface area contributed by atoms with Gasteiger partial charge in [-0.2, -0.15) is 5.26 Å². The zero-order valence-electron chi connectivity index (χ0n) is 27.1. The van der Waals surface area contributed by atoms with E-state index in [4.69, 9.17) is 9.97 Å². The average Bonchev–Trinajstić information content (AvgIpc) is 3.37. The Bertz CT molecular complexity index is 2870. The van der Waals surface area contributed by atoms with E-state index in [9.17, 15) is 5.26 Å². The summed E-state index contributed by atoms with van der Waals surface area (Å²) in [6, 6.07) is 52.0. The molecule has 0 radical (unpaired) electrons. The summed E-state index contributed by atoms with van der Waals surface area (Å²) in [7, 11) is 0. The molecule has 0 N–H and O–H groups in total. The van der Waals surface area contributed by atoms with Crippen molar-refractivity contribution in [1.29, 1.82) is 5.26 Å². The van der Waals surface area contributed by atoms with Gasteiger partial charge >= 0.3 is 0 Å². The number of benzene rings is 8. The Kier molecular flexibility index (Phi) is 5.69. The third kappa shape index (κ3) is 3.89. The SMILES string of the molecule is CC1(C)c2cc(C#N)ccc2-c2ccc(-c3c4ccccc4c(-c4cc5nc6ccccc6nc5c5ccccc45)c4ccccc34)cc21. The topological polar surface area (TPSA) is 49.6 Å². The van der Waals surface area contributed by atoms with Gasteiger partial charge in [-0.25, -0.2) is 9.97 Å². The zero-order chi connectivity index (χ0) is 32.9. The second kappa shape index (κ2) is 10.1. The van der Waals surface area contributed by atoms with Crippen molar-refractivity contribution in [2.24, 2.45) is 0 Å². The molecule has 9 aromatic rings. The van der Waals surface area contributed by atoms with E-state index in [0.717, 1.165) is 38.4 Å². The van der Waals surface area contributed by atoms with Crippen molar-refractivity contribution in [1.82, 2.24) is 9.97 Å². The molecule has 0 spiro atoms. The van der Waals surface area contributed by atoms with Crippen molar-refractivity contribution >= 4 is 54.4 Å². The zero-order valence-corrected chi connectivity index (χ0v) is 27.1. The predicted octanol–water partition coefficient (Wildman–Crippen LogP) is 11.8. The van der Waals surface area contributed by atoms with Crippen LogP contribution in [0.25, 0.3) is 87.8 Å². The second-order valence-electron chi connectivity index (χ2n) is 13.6. The van der Waals surface area contributed by atoms with Gasteiger partial charge in [0.25, 0.3) is 0 Å². The molecule has 0 saturated heterocycles. The maximum Gasteiger partial charge on any atom is 0.0991 e. The number of para-hydroxylation sites is 2. The van der Waals surface area contributed by atoms with Gasteiger partial charge in [-0.1, -0.05) is 117 Å². The summed E-state index contributed by atoms with van der Waals surface area (Å²) < 4.78 is 0. The van der Waals surface area contributed by atoms with Crippen LogP contribution in [0.1, 0.15) is 30.5 Å². The van der Waals surface area contributed by atoms with Crippen LogP contribution in [0.2, 0.25) is 0 Å². The highest BCUT2D eigenvalue weighted by atomic mass is 14.8. The number of nitriles is 1. The lowest BCUT2D eigenvalue weighted by molar-refractivity contribution is 0.660. The van der Waals surface area contributed by atoms with Crippen molar-refractivity contribution in [3.05, 3.63) is 156 Å². The lowest BCUT2D eigenvalue weighted by Crippen LogP contribution is -2.15. The van der Waals surface area contributed by atoms with Gasteiger partial charge < -0.3 is 0 Å². The molecule has 0 atom stereocenters. The number of fused-ring (bicyclic) bond motifs is 9. The van der Waals surface area contributed by atoms with E-state index in [2.05, 4.69) is 129 Å². The molecule has 1 heterocycles. The molecular weight excluding hydrogens is 595 g/mol. The van der Waals surface area contributed by atoms with Crippen LogP contribution in [0.5, 0.6) is 0 Å². The Hall–Kier alpha value is -6.37. The first-order valence-corrected chi connectivity index (χ1v) is 16.7. The van der Waals surface area contributed by atoms with Crippen molar-refractivity contribution < 1.29 is 0 Å². The van der Waals surface area contributed by atoms with Crippen LogP contribution in [-0.4, -0.2) is 9.97 Å². The van der Waals surface area contributed by atoms with Crippen LogP contribution in [-0.2, 0) is 5.41 Å². The lowest BCUT2D eigenvalue weighted by Gasteiger charge is -2.23. The molecule has 0 fully saturated rings. The van der Waals surface area contributed by atoms with Gasteiger partial charge in [0.15, 0.2) is 0 Å². The number of hydrogen-bond donors (Lipinski definition) is 0. The molecule has 1 aliphatic carbocycles. The maximum absolute atomic E-state index is 9.65. The highest BCUT2D eigenvalue weighted by molar-refractivity contribution is 6.25. The van der Waals surface area contributed by atoms with E-state index in [1.165, 1.54) is 60.5 Å². The minimum atomic E-state index is -0.228. The van der Waals surface area contributed by atoms with Gasteiger partial charge in [0.1, 0.15) is 0 Å². The minimum Gasteiger partial charge on any atom is -0.244 e. The van der Waals surface area contributed by atoms with Gasteiger partial charge in [0.2, 0.25) is 0 Å². The predicted molar refractivity (Wildman–Crippen MR) is 203 cm³/mol. The normalized spacial score (nSPS) is 13.2. The highest BCUT2D eigenvalue weighted by Crippen LogP contribution is 2.52. The van der Waals surface area contributed by atoms with E-state index in [0.29, 0.717) is 5.56 Å². The molecule has 3 nitrogen and oxygen atoms in total. The number of hydrogen-bond acceptors (Lipinski definition) is 3. The first kappa shape index (κ1) is 27.7. The molecule has 8 aromatic carbocycles. The molecule has 49 heavy (non-hydrogen) atoms. The smallest absolute Gasteiger partial charge is 0.0991 e. The first-order chi connectivity index (χ1) is 24.0. The molecule has 3 heteroatoms. The van der Waals surface area contributed by atoms with Crippen molar-refractivity contribution in [3.8, 4) is 39.4 Å². The van der Waals surface area contributed by atoms with E-state index in [-0.39, 0.29) is 5.41 Å². The Morgan fingerprint density at radius 3 is 1.65 bits per heavy atom. The standard InChI is InChI=1S/C46H29N3/c1-46(2)38-23-27(26-47)19-21-30(38)31-22-20-28(24-39(31)46)43-32-12-4-6-14-34(32)44(35-15-7-5-13-33(35)43)37-25-42-45(36-16-8-3-11-29(36)37)49-41-18-10-9-17-40(41)48-42/h3-25H,1-2H3. The Labute approximate surface area is 283 Å². The maximum atomic E-state index is 9.65. The quantitative estimate of drug-likeness (QED) is 0.142. The lowest BCUT2D eigenvalue weighted by atomic mass is 9.80. The Balaban J connectivity index is 1.28. The summed E-state index contributed by atoms with van der Waals surface area (Å²) in [6.07, 6.45) is 0. The van der Waals surface area contributed by atoms with Gasteiger partial charge in [-0.3, -0.25) is 0 Å². The van der Waals surface area contributed by atoms with Gasteiger partial charge in [-0.15, -0.1) is 0 Å². The number of aromatic nitrogens is 2. The molecule has 0 saturated carbocycles. The number of rotatable bonds is 2. The van der Waals surface area contributed by atoms with Crippen LogP contribution in [0.15, 0.2) is 140 Å². The number of nitrogens with zero attached hydrogens (tertiary/aromatic N) is 3. The Morgan fingerprint density at radius 2 is 1.00 bits per heavy atom. The van der Waals surface area contributed by atoms with E-state index >= 15 is 0 Å². The van der Waals surface area contributed by atoms with Crippen LogP contribution >= 0.6 is 0 Å². The second-order valence-corrected chi connectivity index (χ2v) is 13.6. The fourth-order valence-corrected chi connectivity index (χ4v) is 8.35. The molecule has 0 aliphatic heterocycles. The van der Waals surface area contributed by atoms with Crippen LogP contribution < -0.4 is 0 Å². The van der Waals surface area contributed by atoms with E-state index in [1.807, 2.05) is 30.3 Å². The third-order valence-corrected chi connectivity index (χ3v) is 10.6. The summed E-state index contributed by atoms with van der Waals surface area (Å²) in [6.45, 7) is 4.55. The third-order valence-electron chi connectivity index (χ3n) is 10.6. The molecule has 1 aromatic heterocycles. The monoisotopic (exact) mass is 623 g/mol. The van der Waals surface area contributed by atoms with Crippen LogP contribution in [0.4, 0.5) is 0 Å².